The molecule has 2 N–H and O–H groups in total. The number of amides is 3. The topological polar surface area (TPSA) is 141 Å². The number of fused-ring (bicyclic) bond motifs is 3. The maximum Gasteiger partial charge on any atom is 0.305 e. The van der Waals surface area contributed by atoms with Gasteiger partial charge in [-0.15, -0.1) is 0 Å². The number of aliphatic hydroxyl groups excluding tert-OH is 1. The van der Waals surface area contributed by atoms with Crippen molar-refractivity contribution in [3.05, 3.63) is 114 Å². The lowest BCUT2D eigenvalue weighted by molar-refractivity contribution is -0.151. The molecule has 3 saturated heterocycles. The van der Waals surface area contributed by atoms with Crippen molar-refractivity contribution in [1.29, 1.82) is 0 Å². The summed E-state index contributed by atoms with van der Waals surface area (Å²) in [6.07, 6.45) is 2.55. The Bertz CT molecular complexity index is 2460. The van der Waals surface area contributed by atoms with Crippen LogP contribution in [0.2, 0.25) is 18.6 Å². The summed E-state index contributed by atoms with van der Waals surface area (Å²) in [4.78, 5) is 65.5. The van der Waals surface area contributed by atoms with Gasteiger partial charge in [-0.25, -0.2) is 0 Å². The van der Waals surface area contributed by atoms with Gasteiger partial charge in [-0.1, -0.05) is 79.8 Å². The molecule has 14 heteroatoms. The fourth-order valence-electron chi connectivity index (χ4n) is 12.0. The van der Waals surface area contributed by atoms with Crippen LogP contribution in [0.1, 0.15) is 62.1 Å². The number of para-hydroxylation sites is 1. The smallest absolute Gasteiger partial charge is 0.305 e. The highest BCUT2D eigenvalue weighted by Crippen LogP contribution is 2.61. The third-order valence-electron chi connectivity index (χ3n) is 15.6. The van der Waals surface area contributed by atoms with Crippen LogP contribution < -0.4 is 29.9 Å². The van der Waals surface area contributed by atoms with E-state index in [1.54, 1.807) is 16.9 Å². The summed E-state index contributed by atoms with van der Waals surface area (Å²) in [5.74, 6) is -0.258. The molecule has 4 aromatic carbocycles. The van der Waals surface area contributed by atoms with Gasteiger partial charge >= 0.3 is 5.97 Å². The molecule has 0 aromatic heterocycles. The number of nitrogens with one attached hydrogen (secondary N) is 1. The number of hydrogen-bond donors (Lipinski definition) is 2. The maximum atomic E-state index is 15.7. The van der Waals surface area contributed by atoms with Crippen LogP contribution in [0.4, 0.5) is 17.1 Å². The molecule has 5 heterocycles. The van der Waals surface area contributed by atoms with E-state index in [0.717, 1.165) is 40.8 Å². The van der Waals surface area contributed by atoms with E-state index in [0.29, 0.717) is 68.8 Å². The normalized spacial score (nSPS) is 24.6. The molecule has 348 valence electrons. The number of aliphatic hydroxyl groups is 1. The Balaban J connectivity index is 1.14. The first-order valence-corrected chi connectivity index (χ1v) is 26.6. The highest BCUT2D eigenvalue weighted by molar-refractivity contribution is 6.91. The number of rotatable bonds is 13. The predicted molar refractivity (Wildman–Crippen MR) is 257 cm³/mol. The molecule has 3 fully saturated rings. The van der Waals surface area contributed by atoms with Crippen molar-refractivity contribution < 1.29 is 38.5 Å². The van der Waals surface area contributed by atoms with Crippen LogP contribution >= 0.6 is 0 Å². The Kier molecular flexibility index (Phi) is 12.6. The van der Waals surface area contributed by atoms with Crippen molar-refractivity contribution in [1.82, 2.24) is 10.2 Å². The van der Waals surface area contributed by atoms with E-state index in [9.17, 15) is 14.7 Å². The van der Waals surface area contributed by atoms with Gasteiger partial charge in [0.05, 0.1) is 59.8 Å². The Labute approximate surface area is 389 Å². The minimum absolute atomic E-state index is 0.0244. The average molecular weight is 914 g/mol. The Morgan fingerprint density at radius 3 is 2.29 bits per heavy atom. The Morgan fingerprint density at radius 1 is 0.879 bits per heavy atom. The first kappa shape index (κ1) is 45.6. The lowest BCUT2D eigenvalue weighted by atomic mass is 9.82. The summed E-state index contributed by atoms with van der Waals surface area (Å²) in [5, 5.41) is 15.2. The molecule has 0 radical (unpaired) electrons. The second kappa shape index (κ2) is 18.3. The summed E-state index contributed by atoms with van der Waals surface area (Å²) in [7, 11) is 0.379. The van der Waals surface area contributed by atoms with Crippen LogP contribution in [-0.2, 0) is 47.2 Å². The number of carbonyl (C=O) groups is 4. The van der Waals surface area contributed by atoms with Crippen LogP contribution in [0.25, 0.3) is 0 Å². The van der Waals surface area contributed by atoms with Gasteiger partial charge in [-0.05, 0) is 104 Å². The molecule has 3 amide bonds. The molecule has 2 spiro atoms. The zero-order valence-corrected chi connectivity index (χ0v) is 39.8. The fourth-order valence-corrected chi connectivity index (χ4v) is 16.0. The van der Waals surface area contributed by atoms with E-state index < -0.39 is 31.2 Å². The first-order chi connectivity index (χ1) is 31.9. The van der Waals surface area contributed by atoms with E-state index in [1.165, 1.54) is 7.11 Å². The number of benzene rings is 4. The molecule has 5 atom stereocenters. The van der Waals surface area contributed by atoms with Crippen molar-refractivity contribution >= 4 is 54.0 Å². The first-order valence-electron chi connectivity index (χ1n) is 23.6. The summed E-state index contributed by atoms with van der Waals surface area (Å²) in [6.45, 7) is 9.04. The number of nitrogens with zero attached hydrogens (tertiary/aromatic N) is 4. The zero-order valence-electron chi connectivity index (χ0n) is 38.8. The number of piperidine rings is 1. The van der Waals surface area contributed by atoms with E-state index >= 15 is 9.59 Å². The van der Waals surface area contributed by atoms with Crippen molar-refractivity contribution in [2.75, 3.05) is 61.8 Å². The molecule has 9 rings (SSSR count). The summed E-state index contributed by atoms with van der Waals surface area (Å²) < 4.78 is 18.0. The summed E-state index contributed by atoms with van der Waals surface area (Å²) in [5.41, 5.74) is 2.81. The number of esters is 1. The van der Waals surface area contributed by atoms with Gasteiger partial charge in [0.15, 0.2) is 5.60 Å². The summed E-state index contributed by atoms with van der Waals surface area (Å²) >= 11 is 0. The largest absolute Gasteiger partial charge is 0.497 e. The Morgan fingerprint density at radius 2 is 1.59 bits per heavy atom. The number of unbranched alkanes of at least 4 members (excludes halogenated alkanes) is 1. The van der Waals surface area contributed by atoms with Crippen molar-refractivity contribution in [3.8, 4) is 5.75 Å². The molecule has 5 aliphatic rings. The van der Waals surface area contributed by atoms with Gasteiger partial charge in [0.1, 0.15) is 11.3 Å². The van der Waals surface area contributed by atoms with Crippen molar-refractivity contribution in [2.24, 2.45) is 5.92 Å². The molecule has 0 saturated carbocycles. The van der Waals surface area contributed by atoms with Crippen LogP contribution in [-0.4, -0.2) is 107 Å². The van der Waals surface area contributed by atoms with Crippen LogP contribution in [0, 0.1) is 5.92 Å². The molecule has 5 aliphatic heterocycles. The number of ether oxygens (including phenoxy) is 3. The molecule has 0 unspecified atom stereocenters. The lowest BCUT2D eigenvalue weighted by Gasteiger charge is -2.39. The van der Waals surface area contributed by atoms with Crippen LogP contribution in [0.3, 0.4) is 0 Å². The number of methoxy groups -OCH3 is 2. The van der Waals surface area contributed by atoms with E-state index in [2.05, 4.69) is 60.6 Å². The molecule has 0 bridgehead atoms. The van der Waals surface area contributed by atoms with E-state index in [4.69, 9.17) is 14.2 Å². The van der Waals surface area contributed by atoms with Crippen molar-refractivity contribution in [3.63, 3.8) is 0 Å². The molecule has 13 nitrogen and oxygen atoms in total. The van der Waals surface area contributed by atoms with Crippen molar-refractivity contribution in [2.45, 2.75) is 100 Å². The Hall–Kier alpha value is -5.54. The fraction of sp³-hybridized carbons (Fsp3) is 0.462. The lowest BCUT2D eigenvalue weighted by Crippen LogP contribution is -2.55. The maximum absolute atomic E-state index is 15.7. The number of hydrogen-bond acceptors (Lipinski definition) is 10. The molecule has 4 aromatic rings. The molecular weight excluding hydrogens is 851 g/mol. The number of anilines is 3. The summed E-state index contributed by atoms with van der Waals surface area (Å²) in [6, 6.07) is 31.8. The minimum atomic E-state index is -2.65. The van der Waals surface area contributed by atoms with E-state index in [-0.39, 0.29) is 54.7 Å². The van der Waals surface area contributed by atoms with Gasteiger partial charge in [0.2, 0.25) is 5.91 Å². The number of carbonyl (C=O) groups excluding carboxylic acids is 4. The SMILES string of the molecule is COC(=O)CCCCN1C(=O)[C@]2(O[C@H](CC(=O)N3Cc4ccccc4C[C@H]3CO)[C@@H]([Si](C)(C)c3ccc(OC)cc3)[C@@H]2C)c2cc(N3CN(c4ccccc4)C4(CCNCC4)C3=O)ccc21. The second-order valence-corrected chi connectivity index (χ2v) is 24.0. The minimum Gasteiger partial charge on any atom is -0.497 e. The van der Waals surface area contributed by atoms with Gasteiger partial charge in [-0.2, -0.15) is 0 Å². The van der Waals surface area contributed by atoms with Crippen LogP contribution in [0.15, 0.2) is 97.1 Å². The van der Waals surface area contributed by atoms with Gasteiger partial charge in [-0.3, -0.25) is 24.1 Å². The van der Waals surface area contributed by atoms with Gasteiger partial charge in [0, 0.05) is 42.4 Å². The van der Waals surface area contributed by atoms with Gasteiger partial charge < -0.3 is 39.3 Å². The molecule has 0 aliphatic carbocycles. The van der Waals surface area contributed by atoms with Crippen LogP contribution in [0.5, 0.6) is 5.75 Å². The molecule has 66 heavy (non-hydrogen) atoms. The monoisotopic (exact) mass is 913 g/mol. The van der Waals surface area contributed by atoms with E-state index in [1.807, 2.05) is 71.6 Å². The average Bonchev–Trinajstić information content (AvgIpc) is 3.89. The van der Waals surface area contributed by atoms with Gasteiger partial charge in [0.25, 0.3) is 11.8 Å². The second-order valence-electron chi connectivity index (χ2n) is 19.3. The quantitative estimate of drug-likeness (QED) is 0.0952. The zero-order chi connectivity index (χ0) is 46.4. The third kappa shape index (κ3) is 7.69. The predicted octanol–water partition coefficient (Wildman–Crippen LogP) is 5.87. The third-order valence-corrected chi connectivity index (χ3v) is 19.9. The molecular formula is C52H63N5O8Si. The highest BCUT2D eigenvalue weighted by Gasteiger charge is 2.67. The standard InChI is InChI=1S/C52H63N5O8Si/c1-35-48(66(4,5)42-21-19-41(63-2)20-22-42)45(31-46(59)55-32-37-14-10-9-13-36(37)29-40(55)33-58)65-52(35)43-30-39(18-23-44(43)54(50(52)62)28-12-11-17-47(60)64-3)56-34-57(38-15-7-6-8-16-38)51(49(56)61)24-26-53-27-25-51/h6-10,13-16,18-23,30,35,40,45,48,53,58H,11-12,17,24-29,31-34H2,1-5H3/t35-,40-,45+,48-,52+/m0/s1. The highest BCUT2D eigenvalue weighted by atomic mass is 28.3.